The quantitative estimate of drug-likeness (QED) is 0.813. The van der Waals surface area contributed by atoms with E-state index in [2.05, 4.69) is 54.2 Å². The van der Waals surface area contributed by atoms with E-state index >= 15 is 0 Å². The van der Waals surface area contributed by atoms with Crippen molar-refractivity contribution in [3.63, 3.8) is 0 Å². The number of rotatable bonds is 6. The van der Waals surface area contributed by atoms with Crippen molar-refractivity contribution in [2.24, 2.45) is 0 Å². The number of pyridine rings is 1. The van der Waals surface area contributed by atoms with Crippen LogP contribution in [-0.2, 0) is 12.8 Å². The molecule has 0 bridgehead atoms. The van der Waals surface area contributed by atoms with Gasteiger partial charge < -0.3 is 4.74 Å². The first-order chi connectivity index (χ1) is 10.7. The number of ether oxygens (including phenoxy) is 1. The third-order valence-electron chi connectivity index (χ3n) is 4.58. The van der Waals surface area contributed by atoms with E-state index in [4.69, 9.17) is 4.74 Å². The van der Waals surface area contributed by atoms with Crippen LogP contribution < -0.4 is 4.74 Å². The van der Waals surface area contributed by atoms with Crippen LogP contribution in [0, 0.1) is 0 Å². The third-order valence-corrected chi connectivity index (χ3v) is 4.58. The molecule has 0 saturated carbocycles. The molecule has 0 amide bonds. The van der Waals surface area contributed by atoms with Crippen molar-refractivity contribution in [1.29, 1.82) is 0 Å². The summed E-state index contributed by atoms with van der Waals surface area (Å²) < 4.78 is 5.56. The molecule has 3 heteroatoms. The summed E-state index contributed by atoms with van der Waals surface area (Å²) >= 11 is 0. The van der Waals surface area contributed by atoms with E-state index in [0.717, 1.165) is 31.7 Å². The minimum absolute atomic E-state index is 0.427. The minimum atomic E-state index is 0.427. The van der Waals surface area contributed by atoms with Gasteiger partial charge in [-0.15, -0.1) is 0 Å². The van der Waals surface area contributed by atoms with Crippen molar-refractivity contribution >= 4 is 0 Å². The lowest BCUT2D eigenvalue weighted by Crippen LogP contribution is -2.23. The fourth-order valence-corrected chi connectivity index (χ4v) is 3.02. The van der Waals surface area contributed by atoms with Crippen molar-refractivity contribution < 1.29 is 4.74 Å². The van der Waals surface area contributed by atoms with Gasteiger partial charge in [0.05, 0.1) is 6.61 Å². The van der Waals surface area contributed by atoms with E-state index < -0.39 is 0 Å². The zero-order valence-electron chi connectivity index (χ0n) is 13.5. The second-order valence-corrected chi connectivity index (χ2v) is 6.08. The molecular formula is C19H24N2O. The van der Waals surface area contributed by atoms with E-state index in [0.29, 0.717) is 6.04 Å². The summed E-state index contributed by atoms with van der Waals surface area (Å²) in [4.78, 5) is 6.50. The third kappa shape index (κ3) is 3.47. The van der Waals surface area contributed by atoms with Gasteiger partial charge in [0, 0.05) is 24.9 Å². The molecule has 0 aliphatic carbocycles. The first-order valence-electron chi connectivity index (χ1n) is 8.09. The van der Waals surface area contributed by atoms with Crippen LogP contribution in [0.15, 0.2) is 42.7 Å². The molecule has 22 heavy (non-hydrogen) atoms. The lowest BCUT2D eigenvalue weighted by molar-refractivity contribution is 0.258. The average Bonchev–Trinajstić information content (AvgIpc) is 3.02. The number of nitrogens with zero attached hydrogens (tertiary/aromatic N) is 2. The highest BCUT2D eigenvalue weighted by molar-refractivity contribution is 5.39. The van der Waals surface area contributed by atoms with Gasteiger partial charge >= 0.3 is 0 Å². The molecule has 3 rings (SSSR count). The molecule has 1 atom stereocenters. The molecule has 0 saturated heterocycles. The topological polar surface area (TPSA) is 25.4 Å². The number of aryl methyl sites for hydroxylation is 1. The van der Waals surface area contributed by atoms with E-state index in [1.54, 1.807) is 0 Å². The summed E-state index contributed by atoms with van der Waals surface area (Å²) in [5.41, 5.74) is 4.12. The largest absolute Gasteiger partial charge is 0.493 e. The minimum Gasteiger partial charge on any atom is -0.493 e. The molecule has 1 aromatic carbocycles. The summed E-state index contributed by atoms with van der Waals surface area (Å²) in [6, 6.07) is 11.3. The van der Waals surface area contributed by atoms with Crippen molar-refractivity contribution in [3.05, 3.63) is 59.4 Å². The summed E-state index contributed by atoms with van der Waals surface area (Å²) in [6.07, 6.45) is 7.09. The number of hydrogen-bond acceptors (Lipinski definition) is 3. The molecule has 3 nitrogen and oxygen atoms in total. The molecule has 1 unspecified atom stereocenters. The van der Waals surface area contributed by atoms with Crippen molar-refractivity contribution in [2.45, 2.75) is 32.2 Å². The zero-order chi connectivity index (χ0) is 15.4. The molecule has 2 aromatic rings. The number of aromatic nitrogens is 1. The van der Waals surface area contributed by atoms with Gasteiger partial charge in [-0.05, 0) is 68.2 Å². The molecule has 116 valence electrons. The highest BCUT2D eigenvalue weighted by Gasteiger charge is 2.13. The molecule has 1 aromatic heterocycles. The normalized spacial score (nSPS) is 14.7. The Hall–Kier alpha value is -1.87. The standard InChI is InChI=1S/C19H24N2O/c1-15(17-7-10-20-11-8-17)21(2)12-3-4-16-5-6-19-18(14-16)9-13-22-19/h5-8,10-11,14-15H,3-4,9,12-13H2,1-2H3. The van der Waals surface area contributed by atoms with Gasteiger partial charge in [-0.3, -0.25) is 9.88 Å². The van der Waals surface area contributed by atoms with Crippen LogP contribution in [0.5, 0.6) is 5.75 Å². The molecule has 2 heterocycles. The molecule has 1 aliphatic heterocycles. The predicted molar refractivity (Wildman–Crippen MR) is 89.2 cm³/mol. The van der Waals surface area contributed by atoms with Gasteiger partial charge in [-0.2, -0.15) is 0 Å². The highest BCUT2D eigenvalue weighted by Crippen LogP contribution is 2.26. The lowest BCUT2D eigenvalue weighted by Gasteiger charge is -2.25. The summed E-state index contributed by atoms with van der Waals surface area (Å²) in [6.45, 7) is 4.18. The second kappa shape index (κ2) is 6.93. The smallest absolute Gasteiger partial charge is 0.122 e. The maximum absolute atomic E-state index is 5.56. The van der Waals surface area contributed by atoms with Gasteiger partial charge in [0.2, 0.25) is 0 Å². The Labute approximate surface area is 132 Å². The maximum Gasteiger partial charge on any atom is 0.122 e. The van der Waals surface area contributed by atoms with Crippen LogP contribution in [0.3, 0.4) is 0 Å². The Morgan fingerprint density at radius 2 is 2.05 bits per heavy atom. The van der Waals surface area contributed by atoms with Crippen LogP contribution in [0.25, 0.3) is 0 Å². The van der Waals surface area contributed by atoms with Crippen molar-refractivity contribution in [1.82, 2.24) is 9.88 Å². The Kier molecular flexibility index (Phi) is 4.74. The zero-order valence-corrected chi connectivity index (χ0v) is 13.5. The molecule has 0 N–H and O–H groups in total. The predicted octanol–water partition coefficient (Wildman–Crippen LogP) is 3.64. The average molecular weight is 296 g/mol. The van der Waals surface area contributed by atoms with Crippen LogP contribution in [0.2, 0.25) is 0 Å². The molecule has 1 aliphatic rings. The van der Waals surface area contributed by atoms with Gasteiger partial charge in [0.25, 0.3) is 0 Å². The fraction of sp³-hybridized carbons (Fsp3) is 0.421. The monoisotopic (exact) mass is 296 g/mol. The van der Waals surface area contributed by atoms with Gasteiger partial charge in [-0.1, -0.05) is 12.1 Å². The Morgan fingerprint density at radius 3 is 2.86 bits per heavy atom. The highest BCUT2D eigenvalue weighted by atomic mass is 16.5. The number of fused-ring (bicyclic) bond motifs is 1. The number of benzene rings is 1. The molecule has 0 fully saturated rings. The first-order valence-corrected chi connectivity index (χ1v) is 8.09. The summed E-state index contributed by atoms with van der Waals surface area (Å²) in [5.74, 6) is 1.08. The van der Waals surface area contributed by atoms with Crippen molar-refractivity contribution in [3.8, 4) is 5.75 Å². The van der Waals surface area contributed by atoms with Gasteiger partial charge in [0.15, 0.2) is 0 Å². The summed E-state index contributed by atoms with van der Waals surface area (Å²) in [7, 11) is 2.20. The van der Waals surface area contributed by atoms with Crippen LogP contribution in [0.1, 0.15) is 36.1 Å². The second-order valence-electron chi connectivity index (χ2n) is 6.08. The Morgan fingerprint density at radius 1 is 1.23 bits per heavy atom. The van der Waals surface area contributed by atoms with Crippen LogP contribution in [-0.4, -0.2) is 30.1 Å². The maximum atomic E-state index is 5.56. The molecule has 0 spiro atoms. The Balaban J connectivity index is 1.50. The van der Waals surface area contributed by atoms with Crippen LogP contribution >= 0.6 is 0 Å². The first kappa shape index (κ1) is 15.0. The van der Waals surface area contributed by atoms with Gasteiger partial charge in [-0.25, -0.2) is 0 Å². The molecule has 0 radical (unpaired) electrons. The van der Waals surface area contributed by atoms with Gasteiger partial charge in [0.1, 0.15) is 5.75 Å². The fourth-order valence-electron chi connectivity index (χ4n) is 3.02. The summed E-state index contributed by atoms with van der Waals surface area (Å²) in [5, 5.41) is 0. The molecular weight excluding hydrogens is 272 g/mol. The van der Waals surface area contributed by atoms with E-state index in [9.17, 15) is 0 Å². The van der Waals surface area contributed by atoms with E-state index in [1.807, 2.05) is 12.4 Å². The Bertz CT molecular complexity index is 612. The number of hydrogen-bond donors (Lipinski definition) is 0. The van der Waals surface area contributed by atoms with Crippen LogP contribution in [0.4, 0.5) is 0 Å². The van der Waals surface area contributed by atoms with Crippen molar-refractivity contribution in [2.75, 3.05) is 20.2 Å². The lowest BCUT2D eigenvalue weighted by atomic mass is 10.0. The SMILES string of the molecule is CC(c1ccncc1)N(C)CCCc1ccc2c(c1)CCO2. The van der Waals surface area contributed by atoms with E-state index in [-0.39, 0.29) is 0 Å². The van der Waals surface area contributed by atoms with E-state index in [1.165, 1.54) is 23.1 Å².